The maximum Gasteiger partial charge on any atom is 0.295 e. The van der Waals surface area contributed by atoms with Crippen LogP contribution in [0.15, 0.2) is 78.9 Å². The van der Waals surface area contributed by atoms with Gasteiger partial charge in [-0.05, 0) is 72.2 Å². The van der Waals surface area contributed by atoms with E-state index in [1.807, 2.05) is 0 Å². The molecule has 0 amide bonds. The highest BCUT2D eigenvalue weighted by molar-refractivity contribution is 6.11. The minimum Gasteiger partial charge on any atom is -0.229 e. The largest absolute Gasteiger partial charge is 0.295 e. The molecule has 0 radical (unpaired) electrons. The van der Waals surface area contributed by atoms with Gasteiger partial charge in [0, 0.05) is 22.8 Å². The van der Waals surface area contributed by atoms with Crippen LogP contribution in [0.2, 0.25) is 0 Å². The first kappa shape index (κ1) is 21.4. The molecule has 7 rings (SSSR count). The van der Waals surface area contributed by atoms with E-state index >= 15 is 0 Å². The molecule has 0 spiro atoms. The second-order valence-corrected chi connectivity index (χ2v) is 10.8. The zero-order valence-corrected chi connectivity index (χ0v) is 21.7. The lowest BCUT2D eigenvalue weighted by Crippen LogP contribution is -2.26. The van der Waals surface area contributed by atoms with Crippen molar-refractivity contribution in [2.24, 2.45) is 7.05 Å². The fourth-order valence-corrected chi connectivity index (χ4v) is 6.72. The van der Waals surface area contributed by atoms with Gasteiger partial charge < -0.3 is 0 Å². The highest BCUT2D eigenvalue weighted by Gasteiger charge is 2.35. The minimum absolute atomic E-state index is 0.461. The predicted octanol–water partition coefficient (Wildman–Crippen LogP) is 7.99. The number of benzene rings is 4. The second-order valence-electron chi connectivity index (χ2n) is 10.8. The molecule has 0 N–H and O–H groups in total. The molecule has 4 aromatic carbocycles. The van der Waals surface area contributed by atoms with Gasteiger partial charge in [0.05, 0.1) is 12.4 Å². The molecule has 0 saturated carbocycles. The fraction of sp³-hybridized carbons (Fsp3) is 0.206. The zero-order valence-electron chi connectivity index (χ0n) is 21.7. The average Bonchev–Trinajstić information content (AvgIpc) is 3.09. The summed E-state index contributed by atoms with van der Waals surface area (Å²) in [5.41, 5.74) is 14.8. The number of fused-ring (bicyclic) bond motifs is 4. The fourth-order valence-electron chi connectivity index (χ4n) is 6.72. The average molecular weight is 468 g/mol. The Morgan fingerprint density at radius 1 is 0.778 bits per heavy atom. The van der Waals surface area contributed by atoms with Crippen molar-refractivity contribution in [3.8, 4) is 22.4 Å². The molecule has 6 aromatic rings. The molecule has 1 aliphatic heterocycles. The standard InChI is InChI=1S/C34H31N2/c1-20-14-15-27-28-13-9-12-26-21(2)19-30-33(36(29(27)16-20)34(32(26)28)35(30)5)31-22(3)17-25(18-23(31)4)24-10-7-6-8-11-24/h6-18,21H,19H2,1-5H3/q+1. The van der Waals surface area contributed by atoms with Crippen LogP contribution in [0, 0.1) is 20.8 Å². The molecule has 176 valence electrons. The Morgan fingerprint density at radius 2 is 1.53 bits per heavy atom. The summed E-state index contributed by atoms with van der Waals surface area (Å²) in [6.45, 7) is 9.16. The number of pyridine rings is 1. The van der Waals surface area contributed by atoms with E-state index in [2.05, 4.69) is 123 Å². The third kappa shape index (κ3) is 2.82. The Morgan fingerprint density at radius 3 is 2.28 bits per heavy atom. The number of aryl methyl sites for hydroxylation is 4. The summed E-state index contributed by atoms with van der Waals surface area (Å²) < 4.78 is 5.06. The third-order valence-corrected chi connectivity index (χ3v) is 8.34. The first-order valence-corrected chi connectivity index (χ1v) is 13.0. The number of hydrogen-bond acceptors (Lipinski definition) is 0. The van der Waals surface area contributed by atoms with E-state index in [4.69, 9.17) is 0 Å². The van der Waals surface area contributed by atoms with Gasteiger partial charge >= 0.3 is 0 Å². The summed E-state index contributed by atoms with van der Waals surface area (Å²) >= 11 is 0. The van der Waals surface area contributed by atoms with Crippen molar-refractivity contribution >= 4 is 27.3 Å². The third-order valence-electron chi connectivity index (χ3n) is 8.34. The van der Waals surface area contributed by atoms with Crippen molar-refractivity contribution in [3.63, 3.8) is 0 Å². The summed E-state index contributed by atoms with van der Waals surface area (Å²) in [4.78, 5) is 0. The van der Waals surface area contributed by atoms with Gasteiger partial charge in [0.15, 0.2) is 11.4 Å². The van der Waals surface area contributed by atoms with Gasteiger partial charge in [0.25, 0.3) is 5.65 Å². The molecule has 2 heteroatoms. The summed E-state index contributed by atoms with van der Waals surface area (Å²) in [6, 6.07) is 29.3. The number of aromatic nitrogens is 2. The van der Waals surface area contributed by atoms with Gasteiger partial charge in [-0.1, -0.05) is 73.7 Å². The lowest BCUT2D eigenvalue weighted by atomic mass is 9.87. The maximum atomic E-state index is 2.58. The minimum atomic E-state index is 0.461. The Kier molecular flexibility index (Phi) is 4.48. The van der Waals surface area contributed by atoms with Crippen molar-refractivity contribution in [1.29, 1.82) is 0 Å². The summed E-state index contributed by atoms with van der Waals surface area (Å²) in [5.74, 6) is 0.461. The number of nitrogens with zero attached hydrogens (tertiary/aromatic N) is 2. The molecule has 36 heavy (non-hydrogen) atoms. The molecule has 1 aliphatic rings. The Balaban J connectivity index is 1.67. The van der Waals surface area contributed by atoms with Crippen LogP contribution < -0.4 is 4.40 Å². The van der Waals surface area contributed by atoms with Crippen LogP contribution >= 0.6 is 0 Å². The van der Waals surface area contributed by atoms with Crippen LogP contribution in [-0.4, -0.2) is 4.57 Å². The lowest BCUT2D eigenvalue weighted by Gasteiger charge is -2.17. The van der Waals surface area contributed by atoms with E-state index in [0.717, 1.165) is 6.42 Å². The van der Waals surface area contributed by atoms with Crippen LogP contribution in [0.5, 0.6) is 0 Å². The SMILES string of the molecule is Cc1ccc2c3cccc4c3c3n(C)c(c(-c5c(C)cc(-c6ccccc6)cc5C)[n+]3c2c1)CC4C. The smallest absolute Gasteiger partial charge is 0.229 e. The van der Waals surface area contributed by atoms with Gasteiger partial charge in [-0.15, -0.1) is 0 Å². The highest BCUT2D eigenvalue weighted by atomic mass is 15.1. The first-order chi connectivity index (χ1) is 17.4. The van der Waals surface area contributed by atoms with Crippen molar-refractivity contribution < 1.29 is 4.40 Å². The van der Waals surface area contributed by atoms with E-state index in [-0.39, 0.29) is 0 Å². The Hall–Kier alpha value is -3.91. The van der Waals surface area contributed by atoms with Gasteiger partial charge in [-0.2, -0.15) is 4.40 Å². The topological polar surface area (TPSA) is 9.03 Å². The van der Waals surface area contributed by atoms with Crippen LogP contribution in [0.1, 0.15) is 40.8 Å². The zero-order chi connectivity index (χ0) is 24.7. The molecule has 0 aliphatic carbocycles. The van der Waals surface area contributed by atoms with E-state index in [1.165, 1.54) is 77.7 Å². The van der Waals surface area contributed by atoms with E-state index < -0.39 is 0 Å². The first-order valence-electron chi connectivity index (χ1n) is 13.0. The van der Waals surface area contributed by atoms with Crippen molar-refractivity contribution in [1.82, 2.24) is 4.57 Å². The van der Waals surface area contributed by atoms with Crippen molar-refractivity contribution in [2.45, 2.75) is 40.0 Å². The van der Waals surface area contributed by atoms with Crippen LogP contribution in [0.25, 0.3) is 49.7 Å². The monoisotopic (exact) mass is 467 g/mol. The number of hydrogen-bond donors (Lipinski definition) is 0. The molecule has 2 bridgehead atoms. The maximum absolute atomic E-state index is 2.58. The molecule has 1 unspecified atom stereocenters. The summed E-state index contributed by atoms with van der Waals surface area (Å²) in [6.07, 6.45) is 1.03. The molecule has 2 nitrogen and oxygen atoms in total. The van der Waals surface area contributed by atoms with Gasteiger partial charge in [-0.25, -0.2) is 4.57 Å². The molecule has 1 atom stereocenters. The van der Waals surface area contributed by atoms with Crippen LogP contribution in [-0.2, 0) is 13.5 Å². The molecular weight excluding hydrogens is 436 g/mol. The second kappa shape index (κ2) is 7.54. The lowest BCUT2D eigenvalue weighted by molar-refractivity contribution is -0.467. The molecule has 3 heterocycles. The van der Waals surface area contributed by atoms with E-state index in [0.29, 0.717) is 5.92 Å². The van der Waals surface area contributed by atoms with Gasteiger partial charge in [0.2, 0.25) is 0 Å². The van der Waals surface area contributed by atoms with Crippen LogP contribution in [0.4, 0.5) is 0 Å². The molecule has 0 saturated heterocycles. The predicted molar refractivity (Wildman–Crippen MR) is 151 cm³/mol. The van der Waals surface area contributed by atoms with Crippen molar-refractivity contribution in [3.05, 3.63) is 107 Å². The van der Waals surface area contributed by atoms with Crippen molar-refractivity contribution in [2.75, 3.05) is 0 Å². The molecule has 0 fully saturated rings. The van der Waals surface area contributed by atoms with E-state index in [1.54, 1.807) is 0 Å². The quantitative estimate of drug-likeness (QED) is 0.180. The highest BCUT2D eigenvalue weighted by Crippen LogP contribution is 2.42. The summed E-state index contributed by atoms with van der Waals surface area (Å²) in [7, 11) is 2.27. The Labute approximate surface area is 212 Å². The summed E-state index contributed by atoms with van der Waals surface area (Å²) in [5, 5.41) is 4.10. The molecule has 2 aromatic heterocycles. The normalized spacial score (nSPS) is 15.0. The molecular formula is C34H31N2+. The number of imidazole rings is 1. The van der Waals surface area contributed by atoms with Gasteiger partial charge in [-0.3, -0.25) is 0 Å². The van der Waals surface area contributed by atoms with Gasteiger partial charge in [0.1, 0.15) is 5.52 Å². The Bertz CT molecular complexity index is 1830. The van der Waals surface area contributed by atoms with E-state index in [9.17, 15) is 0 Å². The van der Waals surface area contributed by atoms with Crippen LogP contribution in [0.3, 0.4) is 0 Å². The number of rotatable bonds is 2.